The van der Waals surface area contributed by atoms with E-state index in [1.807, 2.05) is 24.3 Å². The monoisotopic (exact) mass is 298 g/mol. The summed E-state index contributed by atoms with van der Waals surface area (Å²) in [6.45, 7) is 1.01. The molecule has 1 unspecified atom stereocenters. The van der Waals surface area contributed by atoms with E-state index in [9.17, 15) is 9.90 Å². The van der Waals surface area contributed by atoms with Gasteiger partial charge in [0.05, 0.1) is 6.10 Å². The van der Waals surface area contributed by atoms with Crippen LogP contribution >= 0.6 is 0 Å². The Morgan fingerprint density at radius 2 is 1.91 bits per heavy atom. The Bertz CT molecular complexity index is 647. The minimum Gasteiger partial charge on any atom is -0.393 e. The quantitative estimate of drug-likeness (QED) is 0.768. The van der Waals surface area contributed by atoms with Gasteiger partial charge in [-0.1, -0.05) is 42.5 Å². The summed E-state index contributed by atoms with van der Waals surface area (Å²) in [5, 5.41) is 17.8. The molecule has 3 N–H and O–H groups in total. The van der Waals surface area contributed by atoms with Gasteiger partial charge in [-0.25, -0.2) is 4.79 Å². The maximum atomic E-state index is 11.8. The zero-order valence-electron chi connectivity index (χ0n) is 12.6. The van der Waals surface area contributed by atoms with Gasteiger partial charge in [0.25, 0.3) is 0 Å². The highest BCUT2D eigenvalue weighted by Crippen LogP contribution is 2.33. The van der Waals surface area contributed by atoms with Crippen LogP contribution in [-0.4, -0.2) is 23.8 Å². The number of carbonyl (C=O) groups excluding carboxylic acids is 1. The second-order valence-electron chi connectivity index (χ2n) is 5.94. The van der Waals surface area contributed by atoms with Gasteiger partial charge in [-0.05, 0) is 41.5 Å². The molecule has 1 aliphatic rings. The Hall–Kier alpha value is -2.07. The summed E-state index contributed by atoms with van der Waals surface area (Å²) in [6.07, 6.45) is 2.60. The van der Waals surface area contributed by atoms with E-state index in [0.29, 0.717) is 25.4 Å². The third-order valence-corrected chi connectivity index (χ3v) is 4.21. The van der Waals surface area contributed by atoms with Gasteiger partial charge in [0.2, 0.25) is 0 Å². The molecule has 0 radical (unpaired) electrons. The summed E-state index contributed by atoms with van der Waals surface area (Å²) < 4.78 is 0. The van der Waals surface area contributed by atoms with Gasteiger partial charge in [-0.3, -0.25) is 0 Å². The molecule has 2 amide bonds. The molecule has 4 heteroatoms. The predicted octanol–water partition coefficient (Wildman–Crippen LogP) is 2.80. The predicted molar refractivity (Wildman–Crippen MR) is 87.5 cm³/mol. The number of nitrogens with one attached hydrogen (secondary N) is 2. The number of amides is 2. The number of urea groups is 1. The molecule has 4 nitrogen and oxygen atoms in total. The van der Waals surface area contributed by atoms with Gasteiger partial charge in [-0.2, -0.15) is 0 Å². The number of aliphatic hydroxyl groups is 1. The van der Waals surface area contributed by atoms with E-state index in [4.69, 9.17) is 0 Å². The van der Waals surface area contributed by atoms with Gasteiger partial charge in [0.15, 0.2) is 0 Å². The average Bonchev–Trinajstić information content (AvgIpc) is 3.37. The van der Waals surface area contributed by atoms with Crippen molar-refractivity contribution < 1.29 is 9.90 Å². The van der Waals surface area contributed by atoms with Crippen molar-refractivity contribution in [3.05, 3.63) is 48.0 Å². The number of rotatable bonds is 6. The van der Waals surface area contributed by atoms with E-state index in [-0.39, 0.29) is 12.1 Å². The lowest BCUT2D eigenvalue weighted by atomic mass is 10.0. The molecule has 1 fully saturated rings. The Balaban J connectivity index is 1.47. The lowest BCUT2D eigenvalue weighted by Gasteiger charge is -2.12. The molecule has 0 aromatic heterocycles. The van der Waals surface area contributed by atoms with Crippen molar-refractivity contribution in [3.8, 4) is 0 Å². The van der Waals surface area contributed by atoms with Crippen molar-refractivity contribution in [3.63, 3.8) is 0 Å². The Kier molecular flexibility index (Phi) is 4.59. The van der Waals surface area contributed by atoms with E-state index in [0.717, 1.165) is 23.8 Å². The van der Waals surface area contributed by atoms with Crippen LogP contribution in [0.4, 0.5) is 4.79 Å². The molecule has 0 aliphatic heterocycles. The van der Waals surface area contributed by atoms with Crippen LogP contribution in [-0.2, 0) is 6.54 Å². The summed E-state index contributed by atoms with van der Waals surface area (Å²) >= 11 is 0. The third-order valence-electron chi connectivity index (χ3n) is 4.21. The number of carbonyl (C=O) groups is 1. The van der Waals surface area contributed by atoms with Gasteiger partial charge in [0, 0.05) is 13.1 Å². The van der Waals surface area contributed by atoms with Crippen molar-refractivity contribution in [2.75, 3.05) is 6.54 Å². The molecule has 2 aromatic carbocycles. The number of hydrogen-bond donors (Lipinski definition) is 3. The Morgan fingerprint density at radius 3 is 2.73 bits per heavy atom. The molecule has 0 heterocycles. The van der Waals surface area contributed by atoms with Gasteiger partial charge < -0.3 is 15.7 Å². The molecule has 0 saturated heterocycles. The van der Waals surface area contributed by atoms with Gasteiger partial charge in [0.1, 0.15) is 0 Å². The molecule has 1 aliphatic carbocycles. The van der Waals surface area contributed by atoms with E-state index < -0.39 is 0 Å². The third kappa shape index (κ3) is 3.77. The van der Waals surface area contributed by atoms with Crippen LogP contribution in [0.15, 0.2) is 42.5 Å². The molecule has 0 bridgehead atoms. The van der Waals surface area contributed by atoms with Crippen molar-refractivity contribution in [2.24, 2.45) is 5.92 Å². The van der Waals surface area contributed by atoms with E-state index in [1.54, 1.807) is 0 Å². The maximum Gasteiger partial charge on any atom is 0.315 e. The first-order valence-corrected chi connectivity index (χ1v) is 7.90. The number of hydrogen-bond acceptors (Lipinski definition) is 2. The molecule has 0 spiro atoms. The normalized spacial score (nSPS) is 15.5. The fourth-order valence-corrected chi connectivity index (χ4v) is 2.73. The first-order chi connectivity index (χ1) is 10.7. The molecule has 1 saturated carbocycles. The fourth-order valence-electron chi connectivity index (χ4n) is 2.73. The summed E-state index contributed by atoms with van der Waals surface area (Å²) in [6, 6.07) is 14.1. The van der Waals surface area contributed by atoms with Gasteiger partial charge in [-0.15, -0.1) is 0 Å². The second-order valence-corrected chi connectivity index (χ2v) is 5.94. The summed E-state index contributed by atoms with van der Waals surface area (Å²) in [4.78, 5) is 11.8. The Labute approximate surface area is 130 Å². The van der Waals surface area contributed by atoms with Crippen LogP contribution in [0, 0.1) is 5.92 Å². The van der Waals surface area contributed by atoms with Crippen LogP contribution < -0.4 is 10.6 Å². The highest BCUT2D eigenvalue weighted by Gasteiger charge is 2.29. The average molecular weight is 298 g/mol. The summed E-state index contributed by atoms with van der Waals surface area (Å²) in [5.74, 6) is 0.459. The molecule has 22 heavy (non-hydrogen) atoms. The first-order valence-electron chi connectivity index (χ1n) is 7.90. The topological polar surface area (TPSA) is 61.4 Å². The fraction of sp³-hybridized carbons (Fsp3) is 0.389. The van der Waals surface area contributed by atoms with Crippen molar-refractivity contribution in [2.45, 2.75) is 31.9 Å². The minimum atomic E-state index is -0.265. The first kappa shape index (κ1) is 14.9. The standard InChI is InChI=1S/C18H22N2O2/c21-17(14-8-9-14)10-11-19-18(22)20-12-15-6-3-5-13-4-1-2-7-16(13)15/h1-7,14,17,21H,8-12H2,(H2,19,20,22). The number of benzene rings is 2. The van der Waals surface area contributed by atoms with Gasteiger partial charge >= 0.3 is 6.03 Å². The summed E-state index contributed by atoms with van der Waals surface area (Å²) in [5.41, 5.74) is 1.10. The van der Waals surface area contributed by atoms with Crippen molar-refractivity contribution in [1.29, 1.82) is 0 Å². The van der Waals surface area contributed by atoms with Crippen molar-refractivity contribution in [1.82, 2.24) is 10.6 Å². The highest BCUT2D eigenvalue weighted by atomic mass is 16.3. The Morgan fingerprint density at radius 1 is 1.14 bits per heavy atom. The lowest BCUT2D eigenvalue weighted by molar-refractivity contribution is 0.141. The van der Waals surface area contributed by atoms with E-state index in [2.05, 4.69) is 28.8 Å². The van der Waals surface area contributed by atoms with Crippen LogP contribution in [0.25, 0.3) is 10.8 Å². The van der Waals surface area contributed by atoms with Crippen LogP contribution in [0.3, 0.4) is 0 Å². The minimum absolute atomic E-state index is 0.184. The summed E-state index contributed by atoms with van der Waals surface area (Å²) in [7, 11) is 0. The van der Waals surface area contributed by atoms with Crippen LogP contribution in [0.1, 0.15) is 24.8 Å². The van der Waals surface area contributed by atoms with Crippen LogP contribution in [0.5, 0.6) is 0 Å². The largest absolute Gasteiger partial charge is 0.393 e. The van der Waals surface area contributed by atoms with E-state index >= 15 is 0 Å². The zero-order chi connectivity index (χ0) is 15.4. The number of aliphatic hydroxyl groups excluding tert-OH is 1. The maximum absolute atomic E-state index is 11.8. The zero-order valence-corrected chi connectivity index (χ0v) is 12.6. The SMILES string of the molecule is O=C(NCCC(O)C1CC1)NCc1cccc2ccccc12. The number of fused-ring (bicyclic) bond motifs is 1. The lowest BCUT2D eigenvalue weighted by Crippen LogP contribution is -2.36. The highest BCUT2D eigenvalue weighted by molar-refractivity contribution is 5.86. The second kappa shape index (κ2) is 6.79. The molecular weight excluding hydrogens is 276 g/mol. The molecular formula is C18H22N2O2. The molecule has 1 atom stereocenters. The van der Waals surface area contributed by atoms with Crippen molar-refractivity contribution >= 4 is 16.8 Å². The van der Waals surface area contributed by atoms with E-state index in [1.165, 1.54) is 5.39 Å². The molecule has 116 valence electrons. The molecule has 2 aromatic rings. The van der Waals surface area contributed by atoms with Crippen LogP contribution in [0.2, 0.25) is 0 Å². The molecule has 3 rings (SSSR count). The smallest absolute Gasteiger partial charge is 0.315 e.